The van der Waals surface area contributed by atoms with Gasteiger partial charge in [-0.25, -0.2) is 0 Å². The summed E-state index contributed by atoms with van der Waals surface area (Å²) in [5.74, 6) is 0. The topological polar surface area (TPSA) is 24.1 Å². The van der Waals surface area contributed by atoms with Crippen molar-refractivity contribution in [1.82, 2.24) is 0 Å². The van der Waals surface area contributed by atoms with Crippen LogP contribution in [0.5, 0.6) is 0 Å². The number of hydrogen-bond acceptors (Lipinski definition) is 1. The van der Waals surface area contributed by atoms with Crippen LogP contribution in [0.1, 0.15) is 0 Å². The van der Waals surface area contributed by atoms with Gasteiger partial charge in [0.05, 0.1) is 0 Å². The van der Waals surface area contributed by atoms with Crippen LogP contribution in [0.2, 0.25) is 5.02 Å². The van der Waals surface area contributed by atoms with Crippen molar-refractivity contribution >= 4 is 62.9 Å². The van der Waals surface area contributed by atoms with Crippen LogP contribution >= 0.6 is 46.4 Å². The number of thiocarbonyl (C=S) groups is 1. The van der Waals surface area contributed by atoms with Gasteiger partial charge in [-0.3, -0.25) is 0 Å². The molecule has 0 aliphatic rings. The number of halogens is 2. The van der Waals surface area contributed by atoms with Crippen molar-refractivity contribution in [2.24, 2.45) is 0 Å². The second-order valence-electron chi connectivity index (χ2n) is 3.60. The van der Waals surface area contributed by atoms with Gasteiger partial charge in [-0.05, 0) is 77.3 Å². The van der Waals surface area contributed by atoms with Crippen molar-refractivity contribution in [1.29, 1.82) is 0 Å². The van der Waals surface area contributed by atoms with E-state index in [2.05, 4.69) is 33.2 Å². The van der Waals surface area contributed by atoms with E-state index in [0.29, 0.717) is 10.1 Å². The van der Waals surface area contributed by atoms with Gasteiger partial charge in [0.25, 0.3) is 0 Å². The number of benzene rings is 2. The van der Waals surface area contributed by atoms with Gasteiger partial charge >= 0.3 is 0 Å². The molecule has 0 amide bonds. The second kappa shape index (κ2) is 6.36. The summed E-state index contributed by atoms with van der Waals surface area (Å²) in [4.78, 5) is 0. The highest BCUT2D eigenvalue weighted by molar-refractivity contribution is 14.1. The van der Waals surface area contributed by atoms with E-state index in [1.165, 1.54) is 0 Å². The fraction of sp³-hybridized carbons (Fsp3) is 0. The zero-order chi connectivity index (χ0) is 13.0. The van der Waals surface area contributed by atoms with Gasteiger partial charge in [0, 0.05) is 20.0 Å². The predicted octanol–water partition coefficient (Wildman–Crippen LogP) is 4.75. The molecule has 2 N–H and O–H groups in total. The lowest BCUT2D eigenvalue weighted by Crippen LogP contribution is -2.18. The average molecular weight is 389 g/mol. The SMILES string of the molecule is S=C(Nc1ccc(Cl)cc1)Nc1cccc(I)c1. The summed E-state index contributed by atoms with van der Waals surface area (Å²) in [6.45, 7) is 0. The minimum absolute atomic E-state index is 0.555. The summed E-state index contributed by atoms with van der Waals surface area (Å²) >= 11 is 13.3. The Morgan fingerprint density at radius 2 is 1.67 bits per heavy atom. The van der Waals surface area contributed by atoms with Crippen molar-refractivity contribution < 1.29 is 0 Å². The number of rotatable bonds is 2. The van der Waals surface area contributed by atoms with Crippen molar-refractivity contribution in [2.45, 2.75) is 0 Å². The minimum atomic E-state index is 0.555. The molecule has 0 bridgehead atoms. The van der Waals surface area contributed by atoms with E-state index in [1.807, 2.05) is 48.5 Å². The predicted molar refractivity (Wildman–Crippen MR) is 90.5 cm³/mol. The first-order chi connectivity index (χ1) is 8.63. The molecular weight excluding hydrogens is 379 g/mol. The zero-order valence-electron chi connectivity index (χ0n) is 9.28. The monoisotopic (exact) mass is 388 g/mol. The maximum absolute atomic E-state index is 5.82. The zero-order valence-corrected chi connectivity index (χ0v) is 13.0. The molecular formula is C13H10ClIN2S. The Morgan fingerprint density at radius 3 is 2.33 bits per heavy atom. The molecule has 0 saturated carbocycles. The normalized spacial score (nSPS) is 9.89. The Kier molecular flexibility index (Phi) is 4.79. The molecule has 0 aromatic heterocycles. The highest BCUT2D eigenvalue weighted by Gasteiger charge is 1.99. The summed E-state index contributed by atoms with van der Waals surface area (Å²) in [7, 11) is 0. The molecule has 2 aromatic carbocycles. The molecule has 2 aromatic rings. The molecule has 0 radical (unpaired) electrons. The van der Waals surface area contributed by atoms with Gasteiger partial charge in [-0.2, -0.15) is 0 Å². The van der Waals surface area contributed by atoms with Crippen molar-refractivity contribution in [3.8, 4) is 0 Å². The molecule has 0 spiro atoms. The molecule has 92 valence electrons. The van der Waals surface area contributed by atoms with Crippen LogP contribution in [0, 0.1) is 3.57 Å². The lowest BCUT2D eigenvalue weighted by molar-refractivity contribution is 1.58. The second-order valence-corrected chi connectivity index (χ2v) is 5.69. The highest BCUT2D eigenvalue weighted by Crippen LogP contribution is 2.15. The van der Waals surface area contributed by atoms with Crippen LogP contribution in [0.25, 0.3) is 0 Å². The molecule has 0 aliphatic heterocycles. The molecule has 0 aliphatic carbocycles. The molecule has 0 saturated heterocycles. The molecule has 0 fully saturated rings. The number of hydrogen-bond donors (Lipinski definition) is 2. The third-order valence-electron chi connectivity index (χ3n) is 2.18. The smallest absolute Gasteiger partial charge is 0.175 e. The molecule has 18 heavy (non-hydrogen) atoms. The van der Waals surface area contributed by atoms with Gasteiger partial charge in [0.15, 0.2) is 5.11 Å². The summed E-state index contributed by atoms with van der Waals surface area (Å²) in [6.07, 6.45) is 0. The Hall–Kier alpha value is -0.850. The van der Waals surface area contributed by atoms with Gasteiger partial charge < -0.3 is 10.6 Å². The van der Waals surface area contributed by atoms with E-state index in [4.69, 9.17) is 23.8 Å². The Morgan fingerprint density at radius 1 is 1.00 bits per heavy atom. The third-order valence-corrected chi connectivity index (χ3v) is 3.31. The Bertz CT molecular complexity index is 557. The third kappa shape index (κ3) is 4.12. The Labute approximate surface area is 130 Å². The molecule has 0 unspecified atom stereocenters. The quantitative estimate of drug-likeness (QED) is 0.573. The van der Waals surface area contributed by atoms with Crippen LogP contribution in [-0.2, 0) is 0 Å². The maximum Gasteiger partial charge on any atom is 0.175 e. The number of anilines is 2. The Balaban J connectivity index is 1.98. The van der Waals surface area contributed by atoms with E-state index in [0.717, 1.165) is 14.9 Å². The van der Waals surface area contributed by atoms with Crippen LogP contribution in [0.3, 0.4) is 0 Å². The van der Waals surface area contributed by atoms with Gasteiger partial charge in [-0.15, -0.1) is 0 Å². The standard InChI is InChI=1S/C13H10ClIN2S/c14-9-4-6-11(7-5-9)16-13(18)17-12-3-1-2-10(15)8-12/h1-8H,(H2,16,17,18). The van der Waals surface area contributed by atoms with E-state index in [9.17, 15) is 0 Å². The first-order valence-corrected chi connectivity index (χ1v) is 7.09. The van der Waals surface area contributed by atoms with E-state index < -0.39 is 0 Å². The summed E-state index contributed by atoms with van der Waals surface area (Å²) < 4.78 is 1.16. The van der Waals surface area contributed by atoms with E-state index in [1.54, 1.807) is 0 Å². The first kappa shape index (κ1) is 13.6. The largest absolute Gasteiger partial charge is 0.332 e. The van der Waals surface area contributed by atoms with Gasteiger partial charge in [0.1, 0.15) is 0 Å². The summed E-state index contributed by atoms with van der Waals surface area (Å²) in [5, 5.41) is 7.49. The summed E-state index contributed by atoms with van der Waals surface area (Å²) in [6, 6.07) is 15.4. The minimum Gasteiger partial charge on any atom is -0.332 e. The molecule has 5 heteroatoms. The summed E-state index contributed by atoms with van der Waals surface area (Å²) in [5.41, 5.74) is 1.87. The van der Waals surface area contributed by atoms with Gasteiger partial charge in [0.2, 0.25) is 0 Å². The molecule has 2 rings (SSSR count). The number of nitrogens with one attached hydrogen (secondary N) is 2. The lowest BCUT2D eigenvalue weighted by Gasteiger charge is -2.10. The van der Waals surface area contributed by atoms with Crippen LogP contribution in [0.4, 0.5) is 11.4 Å². The van der Waals surface area contributed by atoms with Crippen LogP contribution in [0.15, 0.2) is 48.5 Å². The van der Waals surface area contributed by atoms with Gasteiger partial charge in [-0.1, -0.05) is 17.7 Å². The van der Waals surface area contributed by atoms with E-state index in [-0.39, 0.29) is 0 Å². The molecule has 2 nitrogen and oxygen atoms in total. The van der Waals surface area contributed by atoms with Crippen molar-refractivity contribution in [3.63, 3.8) is 0 Å². The van der Waals surface area contributed by atoms with Crippen LogP contribution in [-0.4, -0.2) is 5.11 Å². The van der Waals surface area contributed by atoms with E-state index >= 15 is 0 Å². The fourth-order valence-corrected chi connectivity index (χ4v) is 2.30. The van der Waals surface area contributed by atoms with Crippen molar-refractivity contribution in [3.05, 3.63) is 57.1 Å². The van der Waals surface area contributed by atoms with Crippen molar-refractivity contribution in [2.75, 3.05) is 10.6 Å². The molecule has 0 heterocycles. The van der Waals surface area contributed by atoms with Crippen LogP contribution < -0.4 is 10.6 Å². The maximum atomic E-state index is 5.82. The average Bonchev–Trinajstić information content (AvgIpc) is 2.32. The highest BCUT2D eigenvalue weighted by atomic mass is 127. The fourth-order valence-electron chi connectivity index (χ4n) is 1.39. The molecule has 0 atom stereocenters. The lowest BCUT2D eigenvalue weighted by atomic mass is 10.3. The first-order valence-electron chi connectivity index (χ1n) is 5.22.